The molecule has 7 nitrogen and oxygen atoms in total. The number of nitrogens with one attached hydrogen (secondary N) is 1. The SMILES string of the molecule is NC1(C(=O)NC2CC(=O)N(CCOc3ccccc3)C2)CCOCC1. The monoisotopic (exact) mass is 347 g/mol. The number of hydrogen-bond donors (Lipinski definition) is 2. The van der Waals surface area contributed by atoms with Crippen LogP contribution in [0.1, 0.15) is 19.3 Å². The van der Waals surface area contributed by atoms with Gasteiger partial charge in [0.1, 0.15) is 12.4 Å². The molecule has 3 rings (SSSR count). The maximum Gasteiger partial charge on any atom is 0.240 e. The van der Waals surface area contributed by atoms with Crippen molar-refractivity contribution in [2.45, 2.75) is 30.8 Å². The lowest BCUT2D eigenvalue weighted by Gasteiger charge is -2.32. The van der Waals surface area contributed by atoms with Crippen molar-refractivity contribution in [3.8, 4) is 5.75 Å². The lowest BCUT2D eigenvalue weighted by Crippen LogP contribution is -2.59. The Hall–Kier alpha value is -2.12. The maximum atomic E-state index is 12.4. The molecule has 0 aromatic heterocycles. The highest BCUT2D eigenvalue weighted by Crippen LogP contribution is 2.19. The summed E-state index contributed by atoms with van der Waals surface area (Å²) in [7, 11) is 0. The summed E-state index contributed by atoms with van der Waals surface area (Å²) in [5.74, 6) is 0.625. The number of ether oxygens (including phenoxy) is 2. The van der Waals surface area contributed by atoms with Gasteiger partial charge in [-0.05, 0) is 25.0 Å². The van der Waals surface area contributed by atoms with Crippen molar-refractivity contribution in [2.75, 3.05) is 32.9 Å². The Morgan fingerprint density at radius 3 is 2.76 bits per heavy atom. The van der Waals surface area contributed by atoms with E-state index in [4.69, 9.17) is 15.2 Å². The highest BCUT2D eigenvalue weighted by molar-refractivity contribution is 5.88. The Kier molecular flexibility index (Phi) is 5.55. The minimum Gasteiger partial charge on any atom is -0.492 e. The van der Waals surface area contributed by atoms with Crippen LogP contribution in [0.4, 0.5) is 0 Å². The molecule has 0 aliphatic carbocycles. The zero-order valence-electron chi connectivity index (χ0n) is 14.3. The molecule has 1 aromatic carbocycles. The van der Waals surface area contributed by atoms with E-state index in [-0.39, 0.29) is 17.9 Å². The van der Waals surface area contributed by atoms with E-state index >= 15 is 0 Å². The average Bonchev–Trinajstić information content (AvgIpc) is 2.96. The van der Waals surface area contributed by atoms with E-state index in [0.717, 1.165) is 5.75 Å². The van der Waals surface area contributed by atoms with Gasteiger partial charge in [-0.15, -0.1) is 0 Å². The highest BCUT2D eigenvalue weighted by atomic mass is 16.5. The van der Waals surface area contributed by atoms with Gasteiger partial charge in [0.25, 0.3) is 0 Å². The van der Waals surface area contributed by atoms with Crippen LogP contribution in [0.2, 0.25) is 0 Å². The summed E-state index contributed by atoms with van der Waals surface area (Å²) in [5.41, 5.74) is 5.30. The van der Waals surface area contributed by atoms with Crippen LogP contribution in [0.25, 0.3) is 0 Å². The summed E-state index contributed by atoms with van der Waals surface area (Å²) >= 11 is 0. The van der Waals surface area contributed by atoms with Gasteiger partial charge in [0.2, 0.25) is 11.8 Å². The first-order valence-electron chi connectivity index (χ1n) is 8.70. The number of para-hydroxylation sites is 1. The number of carbonyl (C=O) groups excluding carboxylic acids is 2. The van der Waals surface area contributed by atoms with Crippen molar-refractivity contribution in [1.82, 2.24) is 10.2 Å². The third-order valence-corrected chi connectivity index (χ3v) is 4.76. The van der Waals surface area contributed by atoms with Gasteiger partial charge in [-0.3, -0.25) is 9.59 Å². The second kappa shape index (κ2) is 7.84. The fourth-order valence-electron chi connectivity index (χ4n) is 3.17. The van der Waals surface area contributed by atoms with Crippen LogP contribution >= 0.6 is 0 Å². The van der Waals surface area contributed by atoms with Crippen molar-refractivity contribution in [3.63, 3.8) is 0 Å². The molecule has 0 bridgehead atoms. The van der Waals surface area contributed by atoms with Gasteiger partial charge in [0.05, 0.1) is 18.1 Å². The van der Waals surface area contributed by atoms with Gasteiger partial charge in [0, 0.05) is 26.2 Å². The van der Waals surface area contributed by atoms with Crippen LogP contribution < -0.4 is 15.8 Å². The van der Waals surface area contributed by atoms with E-state index in [2.05, 4.69) is 5.32 Å². The fourth-order valence-corrected chi connectivity index (χ4v) is 3.17. The second-order valence-corrected chi connectivity index (χ2v) is 6.64. The summed E-state index contributed by atoms with van der Waals surface area (Å²) in [4.78, 5) is 26.3. The van der Waals surface area contributed by atoms with E-state index in [1.54, 1.807) is 4.90 Å². The largest absolute Gasteiger partial charge is 0.492 e. The molecule has 1 unspecified atom stereocenters. The maximum absolute atomic E-state index is 12.4. The molecular weight excluding hydrogens is 322 g/mol. The zero-order valence-corrected chi connectivity index (χ0v) is 14.3. The van der Waals surface area contributed by atoms with Gasteiger partial charge in [-0.2, -0.15) is 0 Å². The van der Waals surface area contributed by atoms with Crippen LogP contribution in [-0.2, 0) is 14.3 Å². The molecule has 0 radical (unpaired) electrons. The van der Waals surface area contributed by atoms with E-state index in [1.165, 1.54) is 0 Å². The Morgan fingerprint density at radius 2 is 2.04 bits per heavy atom. The number of amides is 2. The molecule has 2 aliphatic rings. The minimum absolute atomic E-state index is 0.0278. The molecule has 2 saturated heterocycles. The van der Waals surface area contributed by atoms with Crippen molar-refractivity contribution in [1.29, 1.82) is 0 Å². The Bertz CT molecular complexity index is 602. The van der Waals surface area contributed by atoms with Gasteiger partial charge in [0.15, 0.2) is 0 Å². The molecule has 0 saturated carbocycles. The van der Waals surface area contributed by atoms with Crippen molar-refractivity contribution in [3.05, 3.63) is 30.3 Å². The molecule has 3 N–H and O–H groups in total. The average molecular weight is 347 g/mol. The van der Waals surface area contributed by atoms with E-state index in [9.17, 15) is 9.59 Å². The normalized spacial score (nSPS) is 22.7. The van der Waals surface area contributed by atoms with Crippen molar-refractivity contribution >= 4 is 11.8 Å². The Morgan fingerprint density at radius 1 is 1.32 bits per heavy atom. The van der Waals surface area contributed by atoms with E-state index < -0.39 is 5.54 Å². The summed E-state index contributed by atoms with van der Waals surface area (Å²) in [6.07, 6.45) is 1.33. The number of nitrogens with zero attached hydrogens (tertiary/aromatic N) is 1. The third kappa shape index (κ3) is 4.49. The number of carbonyl (C=O) groups is 2. The Balaban J connectivity index is 1.44. The first-order chi connectivity index (χ1) is 12.1. The van der Waals surface area contributed by atoms with Crippen LogP contribution in [0, 0.1) is 0 Å². The predicted molar refractivity (Wildman–Crippen MR) is 92.0 cm³/mol. The first kappa shape index (κ1) is 17.7. The van der Waals surface area contributed by atoms with Crippen LogP contribution in [0.15, 0.2) is 30.3 Å². The lowest BCUT2D eigenvalue weighted by molar-refractivity contribution is -0.130. The zero-order chi connectivity index (χ0) is 17.7. The quantitative estimate of drug-likeness (QED) is 0.771. The van der Waals surface area contributed by atoms with E-state index in [1.807, 2.05) is 30.3 Å². The van der Waals surface area contributed by atoms with Crippen LogP contribution in [0.3, 0.4) is 0 Å². The van der Waals surface area contributed by atoms with Crippen LogP contribution in [0.5, 0.6) is 5.75 Å². The van der Waals surface area contributed by atoms with Gasteiger partial charge in [-0.1, -0.05) is 18.2 Å². The van der Waals surface area contributed by atoms with Gasteiger partial charge >= 0.3 is 0 Å². The number of hydrogen-bond acceptors (Lipinski definition) is 5. The topological polar surface area (TPSA) is 93.9 Å². The summed E-state index contributed by atoms with van der Waals surface area (Å²) in [5, 5.41) is 2.93. The predicted octanol–water partition coefficient (Wildman–Crippen LogP) is 0.290. The van der Waals surface area contributed by atoms with Crippen molar-refractivity contribution < 1.29 is 19.1 Å². The van der Waals surface area contributed by atoms with Crippen molar-refractivity contribution in [2.24, 2.45) is 5.73 Å². The summed E-state index contributed by atoms with van der Waals surface area (Å²) in [6, 6.07) is 9.29. The summed E-state index contributed by atoms with van der Waals surface area (Å²) in [6.45, 7) is 2.42. The lowest BCUT2D eigenvalue weighted by atomic mass is 9.90. The molecule has 2 aliphatic heterocycles. The second-order valence-electron chi connectivity index (χ2n) is 6.64. The smallest absolute Gasteiger partial charge is 0.240 e. The number of likely N-dealkylation sites (tertiary alicyclic amines) is 1. The van der Waals surface area contributed by atoms with E-state index in [0.29, 0.717) is 52.2 Å². The number of benzene rings is 1. The first-order valence-corrected chi connectivity index (χ1v) is 8.70. The molecule has 25 heavy (non-hydrogen) atoms. The van der Waals surface area contributed by atoms with Gasteiger partial charge in [-0.25, -0.2) is 0 Å². The van der Waals surface area contributed by atoms with Gasteiger partial charge < -0.3 is 25.4 Å². The molecule has 1 aromatic rings. The molecule has 0 spiro atoms. The van der Waals surface area contributed by atoms with Crippen LogP contribution in [-0.4, -0.2) is 61.2 Å². The molecular formula is C18H25N3O4. The highest BCUT2D eigenvalue weighted by Gasteiger charge is 2.39. The standard InChI is InChI=1S/C18H25N3O4/c19-18(6-9-24-10-7-18)17(23)20-14-12-16(22)21(13-14)8-11-25-15-4-2-1-3-5-15/h1-5,14H,6-13,19H2,(H,20,23). The number of rotatable bonds is 6. The molecule has 2 fully saturated rings. The minimum atomic E-state index is -0.884. The molecule has 2 amide bonds. The third-order valence-electron chi connectivity index (χ3n) is 4.76. The fraction of sp³-hybridized carbons (Fsp3) is 0.556. The molecule has 136 valence electrons. The summed E-state index contributed by atoms with van der Waals surface area (Å²) < 4.78 is 10.9. The molecule has 7 heteroatoms. The number of nitrogens with two attached hydrogens (primary N) is 1. The molecule has 2 heterocycles. The molecule has 1 atom stereocenters. The Labute approximate surface area is 147 Å².